The molecular weight excluding hydrogens is 238 g/mol. The van der Waals surface area contributed by atoms with Crippen LogP contribution in [0.3, 0.4) is 0 Å². The van der Waals surface area contributed by atoms with E-state index in [1.165, 1.54) is 12.0 Å². The Morgan fingerprint density at radius 3 is 2.37 bits per heavy atom. The van der Waals surface area contributed by atoms with Crippen LogP contribution in [0.4, 0.5) is 0 Å². The molecular formula is C16H23NO2. The molecule has 1 saturated carbocycles. The first kappa shape index (κ1) is 14.1. The van der Waals surface area contributed by atoms with Crippen LogP contribution in [0.2, 0.25) is 0 Å². The van der Waals surface area contributed by atoms with Crippen LogP contribution in [0.5, 0.6) is 0 Å². The summed E-state index contributed by atoms with van der Waals surface area (Å²) in [5.41, 5.74) is 1.97. The summed E-state index contributed by atoms with van der Waals surface area (Å²) in [6, 6.07) is 8.18. The fourth-order valence-corrected chi connectivity index (χ4v) is 2.43. The number of nitrogens with zero attached hydrogens (tertiary/aromatic N) is 1. The van der Waals surface area contributed by atoms with E-state index in [1.54, 1.807) is 0 Å². The van der Waals surface area contributed by atoms with Crippen molar-refractivity contribution in [3.05, 3.63) is 35.4 Å². The first-order chi connectivity index (χ1) is 9.13. The zero-order chi connectivity index (χ0) is 13.8. The molecule has 1 aromatic carbocycles. The Hall–Kier alpha value is -1.35. The Balaban J connectivity index is 2.11. The molecule has 0 spiro atoms. The molecule has 0 atom stereocenters. The van der Waals surface area contributed by atoms with E-state index in [0.717, 1.165) is 18.4 Å². The van der Waals surface area contributed by atoms with E-state index < -0.39 is 0 Å². The van der Waals surface area contributed by atoms with Crippen LogP contribution in [0.25, 0.3) is 0 Å². The second kappa shape index (κ2) is 6.20. The van der Waals surface area contributed by atoms with Gasteiger partial charge in [-0.15, -0.1) is 0 Å². The maximum Gasteiger partial charge on any atom is 0.254 e. The molecule has 2 rings (SSSR count). The molecule has 0 radical (unpaired) electrons. The summed E-state index contributed by atoms with van der Waals surface area (Å²) in [6.07, 6.45) is 3.32. The molecule has 1 N–H and O–H groups in total. The minimum absolute atomic E-state index is 0.0340. The van der Waals surface area contributed by atoms with Gasteiger partial charge >= 0.3 is 0 Å². The molecule has 0 saturated heterocycles. The minimum Gasteiger partial charge on any atom is -0.395 e. The van der Waals surface area contributed by atoms with E-state index in [2.05, 4.69) is 13.8 Å². The summed E-state index contributed by atoms with van der Waals surface area (Å²) >= 11 is 0. The van der Waals surface area contributed by atoms with Crippen LogP contribution in [0, 0.1) is 0 Å². The molecule has 1 aliphatic carbocycles. The standard InChI is InChI=1S/C16H23NO2/c1-12(2)13-6-8-14(9-7-13)16(19)17(10-11-18)15-4-3-5-15/h6-9,12,15,18H,3-5,10-11H2,1-2H3. The Morgan fingerprint density at radius 2 is 1.95 bits per heavy atom. The lowest BCUT2D eigenvalue weighted by Crippen LogP contribution is -2.45. The predicted octanol–water partition coefficient (Wildman–Crippen LogP) is 2.80. The quantitative estimate of drug-likeness (QED) is 0.885. The lowest BCUT2D eigenvalue weighted by atomic mass is 9.91. The van der Waals surface area contributed by atoms with Crippen molar-refractivity contribution in [2.24, 2.45) is 0 Å². The molecule has 3 heteroatoms. The maximum absolute atomic E-state index is 12.5. The highest BCUT2D eigenvalue weighted by molar-refractivity contribution is 5.94. The first-order valence-electron chi connectivity index (χ1n) is 7.15. The molecule has 1 aromatic rings. The van der Waals surface area contributed by atoms with Crippen molar-refractivity contribution < 1.29 is 9.90 Å². The van der Waals surface area contributed by atoms with Gasteiger partial charge in [-0.3, -0.25) is 4.79 Å². The normalized spacial score (nSPS) is 15.4. The van der Waals surface area contributed by atoms with Crippen LogP contribution >= 0.6 is 0 Å². The van der Waals surface area contributed by atoms with Gasteiger partial charge in [-0.2, -0.15) is 0 Å². The van der Waals surface area contributed by atoms with Crippen LogP contribution in [-0.4, -0.2) is 35.1 Å². The monoisotopic (exact) mass is 261 g/mol. The van der Waals surface area contributed by atoms with E-state index in [9.17, 15) is 4.79 Å². The fraction of sp³-hybridized carbons (Fsp3) is 0.562. The summed E-state index contributed by atoms with van der Waals surface area (Å²) in [7, 11) is 0. The number of amides is 1. The van der Waals surface area contributed by atoms with Crippen molar-refractivity contribution >= 4 is 5.91 Å². The zero-order valence-corrected chi connectivity index (χ0v) is 11.8. The van der Waals surface area contributed by atoms with Gasteiger partial charge in [-0.25, -0.2) is 0 Å². The Bertz CT molecular complexity index is 421. The third-order valence-corrected chi connectivity index (χ3v) is 3.94. The first-order valence-corrected chi connectivity index (χ1v) is 7.15. The molecule has 104 valence electrons. The van der Waals surface area contributed by atoms with Crippen LogP contribution in [0.1, 0.15) is 54.9 Å². The SMILES string of the molecule is CC(C)c1ccc(C(=O)N(CCO)C2CCC2)cc1. The molecule has 1 amide bonds. The van der Waals surface area contributed by atoms with Gasteiger partial charge in [0.1, 0.15) is 0 Å². The molecule has 0 heterocycles. The molecule has 0 aromatic heterocycles. The van der Waals surface area contributed by atoms with Gasteiger partial charge in [-0.1, -0.05) is 26.0 Å². The number of aliphatic hydroxyl groups excluding tert-OH is 1. The average Bonchev–Trinajstić information content (AvgIpc) is 2.35. The third-order valence-electron chi connectivity index (χ3n) is 3.94. The van der Waals surface area contributed by atoms with Crippen LogP contribution < -0.4 is 0 Å². The zero-order valence-electron chi connectivity index (χ0n) is 11.8. The third kappa shape index (κ3) is 3.16. The number of rotatable bonds is 5. The Labute approximate surface area is 115 Å². The highest BCUT2D eigenvalue weighted by Crippen LogP contribution is 2.26. The smallest absolute Gasteiger partial charge is 0.254 e. The van der Waals surface area contributed by atoms with Crippen LogP contribution in [-0.2, 0) is 0 Å². The number of benzene rings is 1. The van der Waals surface area contributed by atoms with Gasteiger partial charge in [0.05, 0.1) is 6.61 Å². The second-order valence-corrected chi connectivity index (χ2v) is 5.58. The number of carbonyl (C=O) groups excluding carboxylic acids is 1. The molecule has 1 fully saturated rings. The van der Waals surface area contributed by atoms with E-state index in [-0.39, 0.29) is 12.5 Å². The number of hydrogen-bond donors (Lipinski definition) is 1. The highest BCUT2D eigenvalue weighted by Gasteiger charge is 2.28. The van der Waals surface area contributed by atoms with Gasteiger partial charge < -0.3 is 10.0 Å². The topological polar surface area (TPSA) is 40.5 Å². The lowest BCUT2D eigenvalue weighted by molar-refractivity contribution is 0.0526. The van der Waals surface area contributed by atoms with Gasteiger partial charge in [0.2, 0.25) is 0 Å². The second-order valence-electron chi connectivity index (χ2n) is 5.58. The van der Waals surface area contributed by atoms with Gasteiger partial charge in [0.25, 0.3) is 5.91 Å². The molecule has 3 nitrogen and oxygen atoms in total. The summed E-state index contributed by atoms with van der Waals surface area (Å²) in [5, 5.41) is 9.12. The molecule has 0 unspecified atom stereocenters. The van der Waals surface area contributed by atoms with E-state index in [0.29, 0.717) is 18.5 Å². The molecule has 0 bridgehead atoms. The minimum atomic E-state index is 0.0340. The molecule has 1 aliphatic rings. The Morgan fingerprint density at radius 1 is 1.32 bits per heavy atom. The largest absolute Gasteiger partial charge is 0.395 e. The lowest BCUT2D eigenvalue weighted by Gasteiger charge is -2.37. The van der Waals surface area contributed by atoms with Gasteiger partial charge in [0.15, 0.2) is 0 Å². The summed E-state index contributed by atoms with van der Waals surface area (Å²) in [6.45, 7) is 4.76. The van der Waals surface area contributed by atoms with Gasteiger partial charge in [-0.05, 0) is 42.9 Å². The average molecular weight is 261 g/mol. The van der Waals surface area contributed by atoms with E-state index in [4.69, 9.17) is 5.11 Å². The maximum atomic E-state index is 12.5. The number of aliphatic hydroxyl groups is 1. The van der Waals surface area contributed by atoms with Crippen molar-refractivity contribution in [2.45, 2.75) is 45.1 Å². The number of hydrogen-bond acceptors (Lipinski definition) is 2. The molecule has 0 aliphatic heterocycles. The van der Waals surface area contributed by atoms with Crippen molar-refractivity contribution in [2.75, 3.05) is 13.2 Å². The Kier molecular flexibility index (Phi) is 4.59. The van der Waals surface area contributed by atoms with Crippen molar-refractivity contribution in [3.63, 3.8) is 0 Å². The van der Waals surface area contributed by atoms with Crippen molar-refractivity contribution in [3.8, 4) is 0 Å². The summed E-state index contributed by atoms with van der Waals surface area (Å²) in [4.78, 5) is 14.3. The van der Waals surface area contributed by atoms with Crippen molar-refractivity contribution in [1.29, 1.82) is 0 Å². The highest BCUT2D eigenvalue weighted by atomic mass is 16.3. The summed E-state index contributed by atoms with van der Waals surface area (Å²) in [5.74, 6) is 0.526. The van der Waals surface area contributed by atoms with E-state index >= 15 is 0 Å². The summed E-state index contributed by atoms with van der Waals surface area (Å²) < 4.78 is 0. The van der Waals surface area contributed by atoms with Crippen LogP contribution in [0.15, 0.2) is 24.3 Å². The molecule has 19 heavy (non-hydrogen) atoms. The fourth-order valence-electron chi connectivity index (χ4n) is 2.43. The van der Waals surface area contributed by atoms with Crippen molar-refractivity contribution in [1.82, 2.24) is 4.90 Å². The predicted molar refractivity (Wildman–Crippen MR) is 76.3 cm³/mol. The van der Waals surface area contributed by atoms with Gasteiger partial charge in [0, 0.05) is 18.2 Å². The number of carbonyl (C=O) groups is 1. The van der Waals surface area contributed by atoms with E-state index in [1.807, 2.05) is 29.2 Å².